The van der Waals surface area contributed by atoms with Crippen molar-refractivity contribution < 1.29 is 22.7 Å². The number of fused-ring (bicyclic) bond motifs is 1. The number of carbonyl (C=O) groups excluding carboxylic acids is 2. The minimum Gasteiger partial charge on any atom is -0.444 e. The van der Waals surface area contributed by atoms with Gasteiger partial charge in [-0.2, -0.15) is 4.99 Å². The van der Waals surface area contributed by atoms with Crippen LogP contribution in [0.2, 0.25) is 0 Å². The van der Waals surface area contributed by atoms with Crippen molar-refractivity contribution in [3.05, 3.63) is 29.3 Å². The summed E-state index contributed by atoms with van der Waals surface area (Å²) in [5.74, 6) is -0.227. The second-order valence-corrected chi connectivity index (χ2v) is 12.6. The minimum absolute atomic E-state index is 0.0286. The molecule has 0 unspecified atom stereocenters. The highest BCUT2D eigenvalue weighted by molar-refractivity contribution is 8.16. The first-order valence-corrected chi connectivity index (χ1v) is 14.0. The van der Waals surface area contributed by atoms with Gasteiger partial charge in [0.1, 0.15) is 5.60 Å². The number of hydrogen-bond acceptors (Lipinski definition) is 6. The van der Waals surface area contributed by atoms with E-state index in [1.54, 1.807) is 20.8 Å². The van der Waals surface area contributed by atoms with Gasteiger partial charge in [0.05, 0.1) is 17.5 Å². The molecule has 2 aliphatic rings. The molecule has 3 rings (SSSR count). The van der Waals surface area contributed by atoms with Gasteiger partial charge in [0, 0.05) is 23.9 Å². The van der Waals surface area contributed by atoms with Crippen molar-refractivity contribution in [2.45, 2.75) is 70.8 Å². The van der Waals surface area contributed by atoms with Crippen LogP contribution in [-0.4, -0.2) is 60.5 Å². The Hall–Kier alpha value is -2.07. The molecule has 2 fully saturated rings. The molecular weight excluding hydrogens is 462 g/mol. The number of rotatable bonds is 6. The number of amidine groups is 1. The summed E-state index contributed by atoms with van der Waals surface area (Å²) in [4.78, 5) is 30.8. The van der Waals surface area contributed by atoms with Gasteiger partial charge in [-0.25, -0.2) is 13.2 Å². The summed E-state index contributed by atoms with van der Waals surface area (Å²) in [6, 6.07) is 5.85. The van der Waals surface area contributed by atoms with E-state index < -0.39 is 21.5 Å². The van der Waals surface area contributed by atoms with Crippen LogP contribution >= 0.6 is 11.8 Å². The predicted molar refractivity (Wildman–Crippen MR) is 133 cm³/mol. The Morgan fingerprint density at radius 1 is 1.18 bits per heavy atom. The monoisotopic (exact) mass is 495 g/mol. The number of alkyl carbamates (subject to hydrolysis) is 1. The van der Waals surface area contributed by atoms with Crippen LogP contribution in [0.5, 0.6) is 0 Å². The highest BCUT2D eigenvalue weighted by Gasteiger charge is 2.50. The van der Waals surface area contributed by atoms with Crippen molar-refractivity contribution in [1.82, 2.24) is 5.32 Å². The highest BCUT2D eigenvalue weighted by atomic mass is 32.2. The molecule has 8 nitrogen and oxygen atoms in total. The molecule has 0 saturated carbocycles. The van der Waals surface area contributed by atoms with E-state index >= 15 is 0 Å². The van der Waals surface area contributed by atoms with E-state index in [1.807, 2.05) is 23.1 Å². The quantitative estimate of drug-likeness (QED) is 0.645. The molecule has 0 aliphatic carbocycles. The van der Waals surface area contributed by atoms with E-state index in [2.05, 4.69) is 24.2 Å². The Kier molecular flexibility index (Phi) is 7.78. The fourth-order valence-electron chi connectivity index (χ4n) is 4.10. The molecule has 0 radical (unpaired) electrons. The molecule has 2 amide bonds. The Morgan fingerprint density at radius 3 is 2.39 bits per heavy atom. The van der Waals surface area contributed by atoms with Crippen LogP contribution in [0.4, 0.5) is 10.5 Å². The minimum atomic E-state index is -3.14. The van der Waals surface area contributed by atoms with Crippen molar-refractivity contribution >= 4 is 44.5 Å². The number of sulfone groups is 1. The Labute approximate surface area is 200 Å². The van der Waals surface area contributed by atoms with E-state index in [9.17, 15) is 18.0 Å². The summed E-state index contributed by atoms with van der Waals surface area (Å²) in [6.07, 6.45) is 1.02. The van der Waals surface area contributed by atoms with Crippen molar-refractivity contribution in [1.29, 1.82) is 0 Å². The van der Waals surface area contributed by atoms with Crippen LogP contribution < -0.4 is 10.2 Å². The maximum atomic E-state index is 12.7. The molecule has 10 heteroatoms. The number of para-hydroxylation sites is 1. The Balaban J connectivity index is 1.83. The molecule has 0 spiro atoms. The van der Waals surface area contributed by atoms with Gasteiger partial charge >= 0.3 is 6.09 Å². The van der Waals surface area contributed by atoms with Crippen LogP contribution in [0.3, 0.4) is 0 Å². The van der Waals surface area contributed by atoms with Crippen LogP contribution in [-0.2, 0) is 32.2 Å². The van der Waals surface area contributed by atoms with Crippen molar-refractivity contribution in [2.24, 2.45) is 4.99 Å². The third kappa shape index (κ3) is 6.29. The normalized spacial score (nSPS) is 22.9. The van der Waals surface area contributed by atoms with Crippen LogP contribution in [0, 0.1) is 0 Å². The number of hydrogen-bond donors (Lipinski definition) is 1. The number of benzene rings is 1. The van der Waals surface area contributed by atoms with Crippen LogP contribution in [0.25, 0.3) is 0 Å². The lowest BCUT2D eigenvalue weighted by Gasteiger charge is -2.29. The van der Waals surface area contributed by atoms with E-state index in [0.717, 1.165) is 29.7 Å². The van der Waals surface area contributed by atoms with Gasteiger partial charge < -0.3 is 15.0 Å². The number of anilines is 1. The molecule has 33 heavy (non-hydrogen) atoms. The van der Waals surface area contributed by atoms with Gasteiger partial charge in [-0.3, -0.25) is 4.79 Å². The second kappa shape index (κ2) is 10.0. The van der Waals surface area contributed by atoms with Crippen LogP contribution in [0.1, 0.15) is 52.2 Å². The number of amides is 2. The summed E-state index contributed by atoms with van der Waals surface area (Å²) >= 11 is 1.36. The maximum absolute atomic E-state index is 12.7. The van der Waals surface area contributed by atoms with Gasteiger partial charge in [0.15, 0.2) is 15.0 Å². The largest absolute Gasteiger partial charge is 0.444 e. The summed E-state index contributed by atoms with van der Waals surface area (Å²) in [7, 11) is -3.14. The second-order valence-electron chi connectivity index (χ2n) is 9.27. The van der Waals surface area contributed by atoms with E-state index in [0.29, 0.717) is 5.17 Å². The zero-order valence-electron chi connectivity index (χ0n) is 19.9. The van der Waals surface area contributed by atoms with Crippen LogP contribution in [0.15, 0.2) is 23.2 Å². The molecule has 1 aromatic carbocycles. The van der Waals surface area contributed by atoms with Gasteiger partial charge in [0.25, 0.3) is 0 Å². The van der Waals surface area contributed by atoms with Gasteiger partial charge in [-0.1, -0.05) is 43.8 Å². The fourth-order valence-corrected chi connectivity index (χ4v) is 8.02. The summed E-state index contributed by atoms with van der Waals surface area (Å²) in [6.45, 7) is 9.55. The fraction of sp³-hybridized carbons (Fsp3) is 0.609. The summed E-state index contributed by atoms with van der Waals surface area (Å²) in [5.41, 5.74) is 2.56. The average Bonchev–Trinajstić information content (AvgIpc) is 3.16. The molecule has 0 bridgehead atoms. The van der Waals surface area contributed by atoms with Crippen molar-refractivity contribution in [3.63, 3.8) is 0 Å². The molecule has 2 aliphatic heterocycles. The van der Waals surface area contributed by atoms with Gasteiger partial charge in [-0.05, 0) is 44.7 Å². The Bertz CT molecular complexity index is 1020. The molecule has 1 N–H and O–H groups in total. The lowest BCUT2D eigenvalue weighted by Crippen LogP contribution is -2.39. The number of ether oxygens (including phenoxy) is 1. The number of nitrogens with zero attached hydrogens (tertiary/aromatic N) is 2. The van der Waals surface area contributed by atoms with Gasteiger partial charge in [-0.15, -0.1) is 0 Å². The zero-order chi connectivity index (χ0) is 24.4. The topological polar surface area (TPSA) is 105 Å². The molecule has 2 saturated heterocycles. The number of aliphatic imine (C=N–C) groups is 1. The smallest absolute Gasteiger partial charge is 0.407 e. The Morgan fingerprint density at radius 2 is 1.82 bits per heavy atom. The number of aryl methyl sites for hydroxylation is 2. The van der Waals surface area contributed by atoms with Gasteiger partial charge in [0.2, 0.25) is 5.91 Å². The predicted octanol–water partition coefficient (Wildman–Crippen LogP) is 3.33. The van der Waals surface area contributed by atoms with Crippen molar-refractivity contribution in [3.8, 4) is 0 Å². The molecule has 1 aromatic rings. The van der Waals surface area contributed by atoms with E-state index in [1.165, 1.54) is 11.8 Å². The SMILES string of the molecule is CCc1cccc(CC)c1N1C(=NC(=O)CCNC(=O)OC(C)(C)C)S[C@H]2CS(=O)(=O)C[C@H]21. The molecule has 182 valence electrons. The molecule has 0 aromatic heterocycles. The summed E-state index contributed by atoms with van der Waals surface area (Å²) < 4.78 is 29.9. The third-order valence-corrected chi connectivity index (χ3v) is 8.71. The number of carbonyl (C=O) groups is 2. The molecule has 2 heterocycles. The number of thioether (sulfide) groups is 1. The first-order chi connectivity index (χ1) is 15.4. The standard InChI is InChI=1S/C23H33N3O5S2/c1-6-15-9-8-10-16(7-2)20(15)26-17-13-33(29,30)14-18(17)32-21(26)25-19(27)11-12-24-22(28)31-23(3,4)5/h8-10,17-18H,6-7,11-14H2,1-5H3,(H,24,28)/t17-,18+/m1/s1. The lowest BCUT2D eigenvalue weighted by molar-refractivity contribution is -0.117. The molecular formula is C23H33N3O5S2. The average molecular weight is 496 g/mol. The third-order valence-electron chi connectivity index (χ3n) is 5.50. The number of nitrogens with one attached hydrogen (secondary N) is 1. The van der Waals surface area contributed by atoms with E-state index in [-0.39, 0.29) is 41.7 Å². The van der Waals surface area contributed by atoms with E-state index in [4.69, 9.17) is 4.74 Å². The first-order valence-electron chi connectivity index (χ1n) is 11.3. The zero-order valence-corrected chi connectivity index (χ0v) is 21.5. The first kappa shape index (κ1) is 25.6. The maximum Gasteiger partial charge on any atom is 0.407 e. The summed E-state index contributed by atoms with van der Waals surface area (Å²) in [5, 5.41) is 2.96. The van der Waals surface area contributed by atoms with Crippen molar-refractivity contribution in [2.75, 3.05) is 23.0 Å². The molecule has 2 atom stereocenters. The lowest BCUT2D eigenvalue weighted by atomic mass is 10.0. The highest BCUT2D eigenvalue weighted by Crippen LogP contribution is 2.43.